The number of para-hydroxylation sites is 1. The van der Waals surface area contributed by atoms with Crippen molar-refractivity contribution in [1.82, 2.24) is 4.98 Å². The number of carbonyl (C=O) groups excluding carboxylic acids is 2. The van der Waals surface area contributed by atoms with Gasteiger partial charge in [0.05, 0.1) is 17.2 Å². The number of ketones is 1. The van der Waals surface area contributed by atoms with E-state index in [1.54, 1.807) is 17.4 Å². The molecule has 0 atom stereocenters. The molecule has 3 aliphatic rings. The smallest absolute Gasteiger partial charge is 0.276 e. The normalized spacial score (nSPS) is 17.8. The van der Waals surface area contributed by atoms with Crippen molar-refractivity contribution in [3.05, 3.63) is 64.7 Å². The highest BCUT2D eigenvalue weighted by atomic mass is 32.1. The lowest BCUT2D eigenvalue weighted by Crippen LogP contribution is -2.34. The molecule has 0 spiro atoms. The Morgan fingerprint density at radius 2 is 1.91 bits per heavy atom. The third-order valence-electron chi connectivity index (χ3n) is 7.04. The van der Waals surface area contributed by atoms with E-state index in [2.05, 4.69) is 17.0 Å². The van der Waals surface area contributed by atoms with Crippen LogP contribution in [-0.4, -0.2) is 49.5 Å². The molecule has 35 heavy (non-hydrogen) atoms. The molecule has 0 bridgehead atoms. The second kappa shape index (κ2) is 9.55. The van der Waals surface area contributed by atoms with Gasteiger partial charge in [0.15, 0.2) is 5.78 Å². The summed E-state index contributed by atoms with van der Waals surface area (Å²) in [5.74, 6) is 1.57. The van der Waals surface area contributed by atoms with Gasteiger partial charge in [0.25, 0.3) is 5.91 Å². The van der Waals surface area contributed by atoms with Crippen molar-refractivity contribution in [2.45, 2.75) is 32.1 Å². The predicted molar refractivity (Wildman–Crippen MR) is 139 cm³/mol. The number of Topliss-reactive ketones (excluding diaryl/α,β-unsaturated/α-hetero) is 1. The molecule has 4 heterocycles. The molecule has 180 valence electrons. The van der Waals surface area contributed by atoms with E-state index in [0.29, 0.717) is 37.6 Å². The van der Waals surface area contributed by atoms with Gasteiger partial charge in [-0.05, 0) is 61.4 Å². The number of ether oxygens (including phenoxy) is 1. The van der Waals surface area contributed by atoms with Crippen molar-refractivity contribution in [2.75, 3.05) is 42.6 Å². The van der Waals surface area contributed by atoms with Crippen LogP contribution < -0.4 is 9.80 Å². The molecule has 1 aromatic carbocycles. The summed E-state index contributed by atoms with van der Waals surface area (Å²) in [6.07, 6.45) is 4.69. The first-order chi connectivity index (χ1) is 17.2. The molecule has 2 aliphatic heterocycles. The van der Waals surface area contributed by atoms with E-state index in [-0.39, 0.29) is 11.7 Å². The predicted octanol–water partition coefficient (Wildman–Crippen LogP) is 5.22. The minimum atomic E-state index is -0.0921. The summed E-state index contributed by atoms with van der Waals surface area (Å²) in [5.41, 5.74) is 3.51. The van der Waals surface area contributed by atoms with Crippen molar-refractivity contribution in [2.24, 2.45) is 5.92 Å². The van der Waals surface area contributed by atoms with Gasteiger partial charge >= 0.3 is 0 Å². The zero-order chi connectivity index (χ0) is 23.8. The van der Waals surface area contributed by atoms with Crippen molar-refractivity contribution >= 4 is 34.5 Å². The maximum absolute atomic E-state index is 13.8. The Morgan fingerprint density at radius 1 is 1.03 bits per heavy atom. The van der Waals surface area contributed by atoms with Crippen LogP contribution in [0.2, 0.25) is 0 Å². The van der Waals surface area contributed by atoms with E-state index in [0.717, 1.165) is 58.5 Å². The topological polar surface area (TPSA) is 62.7 Å². The molecule has 2 aromatic heterocycles. The molecule has 0 N–H and O–H groups in total. The van der Waals surface area contributed by atoms with Crippen molar-refractivity contribution in [3.8, 4) is 10.4 Å². The molecule has 0 unspecified atom stereocenters. The fraction of sp³-hybridized carbons (Fsp3) is 0.393. The largest absolute Gasteiger partial charge is 0.380 e. The highest BCUT2D eigenvalue weighted by Crippen LogP contribution is 2.43. The van der Waals surface area contributed by atoms with Crippen LogP contribution in [0.4, 0.5) is 11.5 Å². The first-order valence-electron chi connectivity index (χ1n) is 12.5. The number of pyridine rings is 1. The maximum atomic E-state index is 13.8. The van der Waals surface area contributed by atoms with Crippen LogP contribution in [0.3, 0.4) is 0 Å². The number of benzene rings is 1. The average molecular weight is 488 g/mol. The number of hydrogen-bond donors (Lipinski definition) is 0. The van der Waals surface area contributed by atoms with E-state index < -0.39 is 0 Å². The first-order valence-corrected chi connectivity index (χ1v) is 13.4. The van der Waals surface area contributed by atoms with E-state index in [1.807, 2.05) is 35.2 Å². The summed E-state index contributed by atoms with van der Waals surface area (Å²) in [6.45, 7) is 3.64. The van der Waals surface area contributed by atoms with Crippen LogP contribution in [0.5, 0.6) is 0 Å². The number of amides is 1. The summed E-state index contributed by atoms with van der Waals surface area (Å²) in [6, 6.07) is 15.8. The van der Waals surface area contributed by atoms with Gasteiger partial charge in [-0.2, -0.15) is 0 Å². The van der Waals surface area contributed by atoms with Crippen LogP contribution >= 0.6 is 11.3 Å². The van der Waals surface area contributed by atoms with Gasteiger partial charge in [-0.25, -0.2) is 4.98 Å². The molecule has 1 amide bonds. The van der Waals surface area contributed by atoms with Crippen LogP contribution in [0.25, 0.3) is 10.4 Å². The average Bonchev–Trinajstić information content (AvgIpc) is 3.68. The van der Waals surface area contributed by atoms with Gasteiger partial charge in [-0.15, -0.1) is 11.3 Å². The van der Waals surface area contributed by atoms with E-state index in [1.165, 1.54) is 12.8 Å². The van der Waals surface area contributed by atoms with Crippen molar-refractivity contribution in [1.29, 1.82) is 0 Å². The summed E-state index contributed by atoms with van der Waals surface area (Å²) in [7, 11) is 0. The van der Waals surface area contributed by atoms with Gasteiger partial charge < -0.3 is 14.5 Å². The Kier molecular flexibility index (Phi) is 6.12. The van der Waals surface area contributed by atoms with E-state index in [9.17, 15) is 9.59 Å². The molecule has 1 aliphatic carbocycles. The molecule has 3 aromatic rings. The molecule has 1 saturated carbocycles. The van der Waals surface area contributed by atoms with Crippen LogP contribution in [0.1, 0.15) is 51.4 Å². The summed E-state index contributed by atoms with van der Waals surface area (Å²) < 4.78 is 5.58. The highest BCUT2D eigenvalue weighted by molar-refractivity contribution is 7.17. The Hall–Kier alpha value is -3.03. The Labute approximate surface area is 209 Å². The van der Waals surface area contributed by atoms with E-state index >= 15 is 0 Å². The van der Waals surface area contributed by atoms with Gasteiger partial charge in [0, 0.05) is 43.1 Å². The fourth-order valence-corrected chi connectivity index (χ4v) is 6.15. The lowest BCUT2D eigenvalue weighted by Gasteiger charge is -2.24. The first kappa shape index (κ1) is 22.4. The number of thiophene rings is 1. The fourth-order valence-electron chi connectivity index (χ4n) is 4.96. The minimum absolute atomic E-state index is 0.0921. The number of carbonyl (C=O) groups is 2. The monoisotopic (exact) mass is 487 g/mol. The van der Waals surface area contributed by atoms with Gasteiger partial charge in [-0.3, -0.25) is 9.59 Å². The highest BCUT2D eigenvalue weighted by Gasteiger charge is 2.30. The van der Waals surface area contributed by atoms with E-state index in [4.69, 9.17) is 9.72 Å². The quantitative estimate of drug-likeness (QED) is 0.462. The minimum Gasteiger partial charge on any atom is -0.380 e. The van der Waals surface area contributed by atoms with Gasteiger partial charge in [-0.1, -0.05) is 24.3 Å². The molecule has 7 heteroatoms. The van der Waals surface area contributed by atoms with Crippen LogP contribution in [-0.2, 0) is 11.2 Å². The molecule has 2 fully saturated rings. The SMILES string of the molecule is O=C(CC1CC1)c1cc2c(s1)-c1ccccc1N(C(=O)c1cccc(N3CCCOCC3)n1)CC2. The number of anilines is 2. The van der Waals surface area contributed by atoms with Crippen molar-refractivity contribution in [3.63, 3.8) is 0 Å². The van der Waals surface area contributed by atoms with Gasteiger partial charge in [0.1, 0.15) is 11.5 Å². The zero-order valence-corrected chi connectivity index (χ0v) is 20.6. The standard InChI is InChI=1S/C28H29N3O3S/c32-24(17-19-9-10-19)25-18-20-11-13-31(23-7-2-1-5-21(23)27(20)35-25)28(33)22-6-3-8-26(29-22)30-12-4-15-34-16-14-30/h1-3,5-8,18-19H,4,9-17H2. The van der Waals surface area contributed by atoms with Crippen LogP contribution in [0.15, 0.2) is 48.5 Å². The molecular weight excluding hydrogens is 458 g/mol. The summed E-state index contributed by atoms with van der Waals surface area (Å²) >= 11 is 1.58. The molecule has 0 radical (unpaired) electrons. The Bertz CT molecular complexity index is 1260. The number of aromatic nitrogens is 1. The summed E-state index contributed by atoms with van der Waals surface area (Å²) in [4.78, 5) is 37.3. The molecular formula is C28H29N3O3S. The van der Waals surface area contributed by atoms with Crippen molar-refractivity contribution < 1.29 is 14.3 Å². The van der Waals surface area contributed by atoms with Crippen LogP contribution in [0, 0.1) is 5.92 Å². The number of rotatable bonds is 5. The number of hydrogen-bond acceptors (Lipinski definition) is 6. The number of fused-ring (bicyclic) bond motifs is 3. The Morgan fingerprint density at radius 3 is 2.80 bits per heavy atom. The second-order valence-corrected chi connectivity index (χ2v) is 10.6. The summed E-state index contributed by atoms with van der Waals surface area (Å²) in [5, 5.41) is 0. The third-order valence-corrected chi connectivity index (χ3v) is 8.30. The Balaban J connectivity index is 1.30. The van der Waals surface area contributed by atoms with Gasteiger partial charge in [0.2, 0.25) is 0 Å². The molecule has 6 nitrogen and oxygen atoms in total. The third kappa shape index (κ3) is 4.62. The second-order valence-electron chi connectivity index (χ2n) is 9.59. The zero-order valence-electron chi connectivity index (χ0n) is 19.7. The maximum Gasteiger partial charge on any atom is 0.276 e. The lowest BCUT2D eigenvalue weighted by atomic mass is 10.1. The molecule has 6 rings (SSSR count). The molecule has 1 saturated heterocycles. The lowest BCUT2D eigenvalue weighted by molar-refractivity contribution is 0.0972. The number of nitrogens with zero attached hydrogens (tertiary/aromatic N) is 3.